The lowest BCUT2D eigenvalue weighted by molar-refractivity contribution is -0.119. The van der Waals surface area contributed by atoms with E-state index in [9.17, 15) is 4.79 Å². The van der Waals surface area contributed by atoms with Crippen molar-refractivity contribution in [1.82, 2.24) is 10.2 Å². The highest BCUT2D eigenvalue weighted by Gasteiger charge is 2.32. The van der Waals surface area contributed by atoms with Crippen LogP contribution in [-0.4, -0.2) is 16.1 Å². The van der Waals surface area contributed by atoms with Crippen molar-refractivity contribution in [3.8, 4) is 6.07 Å². The van der Waals surface area contributed by atoms with Crippen LogP contribution >= 0.6 is 0 Å². The van der Waals surface area contributed by atoms with Gasteiger partial charge < -0.3 is 5.32 Å². The summed E-state index contributed by atoms with van der Waals surface area (Å²) in [6.07, 6.45) is 3.66. The van der Waals surface area contributed by atoms with Crippen LogP contribution in [0.1, 0.15) is 25.3 Å². The molecule has 1 heterocycles. The Hall–Kier alpha value is -1.83. The van der Waals surface area contributed by atoms with Crippen molar-refractivity contribution in [2.45, 2.75) is 19.8 Å². The maximum Gasteiger partial charge on any atom is 0.228 e. The van der Waals surface area contributed by atoms with Crippen LogP contribution in [0.25, 0.3) is 0 Å². The number of nitrogens with one attached hydrogen (secondary N) is 2. The number of aromatic nitrogens is 2. The number of hydrogen-bond donors (Lipinski definition) is 2. The Balaban J connectivity index is 2.02. The van der Waals surface area contributed by atoms with E-state index >= 15 is 0 Å². The van der Waals surface area contributed by atoms with Gasteiger partial charge in [0.15, 0.2) is 0 Å². The van der Waals surface area contributed by atoms with Crippen LogP contribution in [0, 0.1) is 23.2 Å². The molecule has 0 saturated heterocycles. The van der Waals surface area contributed by atoms with Gasteiger partial charge in [0, 0.05) is 5.92 Å². The average molecular weight is 204 g/mol. The molecule has 1 fully saturated rings. The second-order valence-corrected chi connectivity index (χ2v) is 3.89. The van der Waals surface area contributed by atoms with Gasteiger partial charge in [-0.25, -0.2) is 0 Å². The zero-order valence-electron chi connectivity index (χ0n) is 8.45. The minimum Gasteiger partial charge on any atom is -0.310 e. The molecule has 0 spiro atoms. The predicted octanol–water partition coefficient (Wildman–Crippen LogP) is 1.27. The van der Waals surface area contributed by atoms with Crippen LogP contribution in [-0.2, 0) is 4.79 Å². The summed E-state index contributed by atoms with van der Waals surface area (Å²) in [5.41, 5.74) is 0.367. The van der Waals surface area contributed by atoms with Crippen molar-refractivity contribution >= 4 is 11.7 Å². The third-order valence-electron chi connectivity index (χ3n) is 2.75. The summed E-state index contributed by atoms with van der Waals surface area (Å²) in [6.45, 7) is 1.91. The molecule has 1 aliphatic carbocycles. The van der Waals surface area contributed by atoms with Crippen molar-refractivity contribution < 1.29 is 4.79 Å². The van der Waals surface area contributed by atoms with Gasteiger partial charge in [0.25, 0.3) is 0 Å². The van der Waals surface area contributed by atoms with Crippen LogP contribution in [0.5, 0.6) is 0 Å². The molecule has 1 unspecified atom stereocenters. The normalized spacial score (nSPS) is 16.8. The predicted molar refractivity (Wildman–Crippen MR) is 53.8 cm³/mol. The molecule has 0 aliphatic heterocycles. The summed E-state index contributed by atoms with van der Waals surface area (Å²) in [5.74, 6) is 0.881. The van der Waals surface area contributed by atoms with Crippen LogP contribution in [0.3, 0.4) is 0 Å². The smallest absolute Gasteiger partial charge is 0.228 e. The fourth-order valence-electron chi connectivity index (χ4n) is 1.51. The van der Waals surface area contributed by atoms with E-state index in [1.165, 1.54) is 6.20 Å². The number of nitrogens with zero attached hydrogens (tertiary/aromatic N) is 2. The zero-order valence-corrected chi connectivity index (χ0v) is 8.45. The van der Waals surface area contributed by atoms with Crippen LogP contribution < -0.4 is 5.32 Å². The number of rotatable bonds is 3. The highest BCUT2D eigenvalue weighted by atomic mass is 16.2. The largest absolute Gasteiger partial charge is 0.310 e. The van der Waals surface area contributed by atoms with Crippen LogP contribution in [0.15, 0.2) is 6.20 Å². The third-order valence-corrected chi connectivity index (χ3v) is 2.75. The van der Waals surface area contributed by atoms with E-state index in [2.05, 4.69) is 15.5 Å². The maximum absolute atomic E-state index is 11.7. The number of hydrogen-bond acceptors (Lipinski definition) is 3. The van der Waals surface area contributed by atoms with Crippen molar-refractivity contribution in [2.75, 3.05) is 5.32 Å². The van der Waals surface area contributed by atoms with Crippen molar-refractivity contribution in [1.29, 1.82) is 5.26 Å². The van der Waals surface area contributed by atoms with Crippen LogP contribution in [0.4, 0.5) is 5.82 Å². The molecule has 1 aliphatic rings. The van der Waals surface area contributed by atoms with Gasteiger partial charge in [-0.05, 0) is 18.8 Å². The first-order chi connectivity index (χ1) is 7.22. The lowest BCUT2D eigenvalue weighted by atomic mass is 10.1. The highest BCUT2D eigenvalue weighted by molar-refractivity contribution is 5.92. The first kappa shape index (κ1) is 9.71. The molecule has 78 valence electrons. The lowest BCUT2D eigenvalue weighted by Crippen LogP contribution is -2.22. The third kappa shape index (κ3) is 1.99. The Morgan fingerprint density at radius 2 is 2.53 bits per heavy atom. The molecular weight excluding hydrogens is 192 g/mol. The standard InChI is InChI=1S/C10H12N4O/c1-6(7-2-3-7)10(15)13-9-8(4-11)5-12-14-9/h5-7H,2-3H2,1H3,(H2,12,13,14,15). The van der Waals surface area contributed by atoms with Crippen LogP contribution in [0.2, 0.25) is 0 Å². The van der Waals surface area contributed by atoms with E-state index in [-0.39, 0.29) is 11.8 Å². The summed E-state index contributed by atoms with van der Waals surface area (Å²) >= 11 is 0. The van der Waals surface area contributed by atoms with E-state index in [1.54, 1.807) is 0 Å². The Bertz CT molecular complexity index is 413. The summed E-state index contributed by atoms with van der Waals surface area (Å²) in [6, 6.07) is 1.96. The first-order valence-electron chi connectivity index (χ1n) is 4.96. The van der Waals surface area contributed by atoms with Gasteiger partial charge in [-0.3, -0.25) is 9.89 Å². The number of H-pyrrole nitrogens is 1. The molecule has 5 heteroatoms. The Labute approximate surface area is 87.5 Å². The summed E-state index contributed by atoms with van der Waals surface area (Å²) in [4.78, 5) is 11.7. The molecule has 1 saturated carbocycles. The summed E-state index contributed by atoms with van der Waals surface area (Å²) in [7, 11) is 0. The number of carbonyl (C=O) groups is 1. The monoisotopic (exact) mass is 204 g/mol. The quantitative estimate of drug-likeness (QED) is 0.777. The van der Waals surface area contributed by atoms with Gasteiger partial charge in [0.1, 0.15) is 17.5 Å². The van der Waals surface area contributed by atoms with E-state index in [0.29, 0.717) is 17.3 Å². The van der Waals surface area contributed by atoms with E-state index < -0.39 is 0 Å². The van der Waals surface area contributed by atoms with E-state index in [1.807, 2.05) is 13.0 Å². The molecule has 1 aromatic heterocycles. The molecule has 0 aromatic carbocycles. The fraction of sp³-hybridized carbons (Fsp3) is 0.500. The SMILES string of the molecule is CC(C(=O)Nc1[nH]ncc1C#N)C1CC1. The average Bonchev–Trinajstić information content (AvgIpc) is 2.99. The van der Waals surface area contributed by atoms with Gasteiger partial charge >= 0.3 is 0 Å². The second-order valence-electron chi connectivity index (χ2n) is 3.89. The Morgan fingerprint density at radius 3 is 3.13 bits per heavy atom. The second kappa shape index (κ2) is 3.73. The number of amides is 1. The Morgan fingerprint density at radius 1 is 1.80 bits per heavy atom. The molecule has 1 atom stereocenters. The van der Waals surface area contributed by atoms with Crippen molar-refractivity contribution in [2.24, 2.45) is 11.8 Å². The minimum absolute atomic E-state index is 0.0137. The van der Waals surface area contributed by atoms with Crippen molar-refractivity contribution in [3.05, 3.63) is 11.8 Å². The molecular formula is C10H12N4O. The number of nitriles is 1. The van der Waals surface area contributed by atoms with Gasteiger partial charge in [-0.1, -0.05) is 6.92 Å². The minimum atomic E-state index is -0.0433. The van der Waals surface area contributed by atoms with Gasteiger partial charge in [0.2, 0.25) is 5.91 Å². The molecule has 0 bridgehead atoms. The topological polar surface area (TPSA) is 81.6 Å². The number of aromatic amines is 1. The molecule has 5 nitrogen and oxygen atoms in total. The molecule has 2 N–H and O–H groups in total. The first-order valence-corrected chi connectivity index (χ1v) is 4.96. The summed E-state index contributed by atoms with van der Waals surface area (Å²) in [5, 5.41) is 17.7. The fourth-order valence-corrected chi connectivity index (χ4v) is 1.51. The number of carbonyl (C=O) groups excluding carboxylic acids is 1. The molecule has 0 radical (unpaired) electrons. The highest BCUT2D eigenvalue weighted by Crippen LogP contribution is 2.37. The molecule has 1 amide bonds. The van der Waals surface area contributed by atoms with Gasteiger partial charge in [0.05, 0.1) is 6.20 Å². The van der Waals surface area contributed by atoms with Crippen molar-refractivity contribution in [3.63, 3.8) is 0 Å². The molecule has 15 heavy (non-hydrogen) atoms. The zero-order chi connectivity index (χ0) is 10.8. The van der Waals surface area contributed by atoms with Gasteiger partial charge in [-0.15, -0.1) is 0 Å². The Kier molecular flexibility index (Phi) is 2.42. The number of anilines is 1. The van der Waals surface area contributed by atoms with Gasteiger partial charge in [-0.2, -0.15) is 10.4 Å². The summed E-state index contributed by atoms with van der Waals surface area (Å²) < 4.78 is 0. The molecule has 1 aromatic rings. The molecule has 2 rings (SSSR count). The van der Waals surface area contributed by atoms with E-state index in [4.69, 9.17) is 5.26 Å². The maximum atomic E-state index is 11.7. The lowest BCUT2D eigenvalue weighted by Gasteiger charge is -2.09. The van der Waals surface area contributed by atoms with E-state index in [0.717, 1.165) is 12.8 Å².